The van der Waals surface area contributed by atoms with Crippen molar-refractivity contribution in [1.82, 2.24) is 24.8 Å². The van der Waals surface area contributed by atoms with E-state index < -0.39 is 0 Å². The van der Waals surface area contributed by atoms with Crippen LogP contribution >= 0.6 is 0 Å². The fraction of sp³-hybridized carbons (Fsp3) is 0.556. The van der Waals surface area contributed by atoms with Crippen LogP contribution < -0.4 is 10.2 Å². The third kappa shape index (κ3) is 2.60. The zero-order valence-corrected chi connectivity index (χ0v) is 15.3. The second kappa shape index (κ2) is 6.59. The van der Waals surface area contributed by atoms with E-state index in [1.165, 1.54) is 5.69 Å². The first-order valence-corrected chi connectivity index (χ1v) is 9.27. The number of aromatic amines is 1. The SMILES string of the molecule is CCC(=O)N1CCc2[nH]cnc2C12CCN(c1nccc(NC)n1)CC2. The smallest absolute Gasteiger partial charge is 0.227 e. The zero-order chi connectivity index (χ0) is 18.1. The summed E-state index contributed by atoms with van der Waals surface area (Å²) >= 11 is 0. The Hall–Kier alpha value is -2.64. The summed E-state index contributed by atoms with van der Waals surface area (Å²) in [5, 5.41) is 3.06. The van der Waals surface area contributed by atoms with E-state index in [0.717, 1.165) is 56.4 Å². The van der Waals surface area contributed by atoms with Gasteiger partial charge in [-0.1, -0.05) is 6.92 Å². The maximum atomic E-state index is 12.6. The Balaban J connectivity index is 1.62. The fourth-order valence-corrected chi connectivity index (χ4v) is 4.26. The van der Waals surface area contributed by atoms with Crippen LogP contribution in [0.25, 0.3) is 0 Å². The Labute approximate surface area is 153 Å². The molecule has 0 unspecified atom stereocenters. The standard InChI is InChI=1S/C18H25N7O/c1-3-15(26)25-9-5-13-16(22-12-21-13)18(25)6-10-24(11-7-18)17-20-8-4-14(19-2)23-17/h4,8,12H,3,5-7,9-11H2,1-2H3,(H,21,22)(H,19,20,23). The predicted molar refractivity (Wildman–Crippen MR) is 99.0 cm³/mol. The lowest BCUT2D eigenvalue weighted by Gasteiger charge is -2.50. The molecule has 0 aromatic carbocycles. The highest BCUT2D eigenvalue weighted by Crippen LogP contribution is 2.42. The summed E-state index contributed by atoms with van der Waals surface area (Å²) < 4.78 is 0. The van der Waals surface area contributed by atoms with Crippen molar-refractivity contribution < 1.29 is 4.79 Å². The van der Waals surface area contributed by atoms with Gasteiger partial charge in [0.15, 0.2) is 0 Å². The first kappa shape index (κ1) is 16.8. The van der Waals surface area contributed by atoms with E-state index in [9.17, 15) is 4.79 Å². The van der Waals surface area contributed by atoms with E-state index in [-0.39, 0.29) is 11.4 Å². The number of hydrogen-bond acceptors (Lipinski definition) is 6. The lowest BCUT2D eigenvalue weighted by molar-refractivity contribution is -0.140. The van der Waals surface area contributed by atoms with E-state index in [1.807, 2.05) is 20.0 Å². The van der Waals surface area contributed by atoms with Gasteiger partial charge in [-0.25, -0.2) is 9.97 Å². The highest BCUT2D eigenvalue weighted by atomic mass is 16.2. The molecule has 8 heteroatoms. The Morgan fingerprint density at radius 1 is 1.31 bits per heavy atom. The van der Waals surface area contributed by atoms with E-state index >= 15 is 0 Å². The van der Waals surface area contributed by atoms with Gasteiger partial charge in [-0.15, -0.1) is 0 Å². The van der Waals surface area contributed by atoms with Gasteiger partial charge >= 0.3 is 0 Å². The average Bonchev–Trinajstić information content (AvgIpc) is 3.18. The summed E-state index contributed by atoms with van der Waals surface area (Å²) in [7, 11) is 1.85. The Bertz CT molecular complexity index is 794. The Morgan fingerprint density at radius 3 is 2.85 bits per heavy atom. The molecule has 2 aromatic rings. The van der Waals surface area contributed by atoms with Crippen molar-refractivity contribution in [2.45, 2.75) is 38.1 Å². The number of rotatable bonds is 3. The van der Waals surface area contributed by atoms with Crippen LogP contribution in [0.4, 0.5) is 11.8 Å². The summed E-state index contributed by atoms with van der Waals surface area (Å²) in [5.41, 5.74) is 1.92. The number of hydrogen-bond donors (Lipinski definition) is 2. The molecule has 138 valence electrons. The first-order valence-electron chi connectivity index (χ1n) is 9.27. The number of H-pyrrole nitrogens is 1. The predicted octanol–water partition coefficient (Wildman–Crippen LogP) is 1.53. The van der Waals surface area contributed by atoms with Gasteiger partial charge in [0.05, 0.1) is 17.6 Å². The molecule has 8 nitrogen and oxygen atoms in total. The summed E-state index contributed by atoms with van der Waals surface area (Å²) in [5.74, 6) is 1.75. The minimum absolute atomic E-state index is 0.209. The number of amides is 1. The highest BCUT2D eigenvalue weighted by molar-refractivity contribution is 5.77. The molecule has 0 atom stereocenters. The van der Waals surface area contributed by atoms with Crippen LogP contribution in [0, 0.1) is 0 Å². The number of carbonyl (C=O) groups excluding carboxylic acids is 1. The Kier molecular flexibility index (Phi) is 4.26. The molecule has 2 N–H and O–H groups in total. The second-order valence-electron chi connectivity index (χ2n) is 6.89. The molecule has 0 aliphatic carbocycles. The molecule has 2 aliphatic rings. The highest BCUT2D eigenvalue weighted by Gasteiger charge is 2.48. The number of piperidine rings is 1. The zero-order valence-electron chi connectivity index (χ0n) is 15.3. The quantitative estimate of drug-likeness (QED) is 0.868. The van der Waals surface area contributed by atoms with Crippen molar-refractivity contribution in [2.24, 2.45) is 0 Å². The minimum atomic E-state index is -0.308. The van der Waals surface area contributed by atoms with Crippen molar-refractivity contribution >= 4 is 17.7 Å². The van der Waals surface area contributed by atoms with Crippen LogP contribution in [0.1, 0.15) is 37.6 Å². The van der Waals surface area contributed by atoms with Gasteiger partial charge in [0, 0.05) is 51.4 Å². The summed E-state index contributed by atoms with van der Waals surface area (Å²) in [6, 6.07) is 1.85. The molecule has 1 saturated heterocycles. The molecule has 1 fully saturated rings. The number of imidazole rings is 1. The van der Waals surface area contributed by atoms with Crippen LogP contribution in [-0.2, 0) is 16.8 Å². The topological polar surface area (TPSA) is 90.0 Å². The van der Waals surface area contributed by atoms with Crippen molar-refractivity contribution in [3.63, 3.8) is 0 Å². The van der Waals surface area contributed by atoms with Gasteiger partial charge in [0.25, 0.3) is 0 Å². The molecule has 4 heterocycles. The normalized spacial score (nSPS) is 18.7. The van der Waals surface area contributed by atoms with E-state index in [1.54, 1.807) is 12.5 Å². The lowest BCUT2D eigenvalue weighted by atomic mass is 9.78. The molecule has 1 spiro atoms. The third-order valence-corrected chi connectivity index (χ3v) is 5.64. The van der Waals surface area contributed by atoms with Gasteiger partial charge in [-0.2, -0.15) is 4.98 Å². The molecule has 4 rings (SSSR count). The number of nitrogens with zero attached hydrogens (tertiary/aromatic N) is 5. The van der Waals surface area contributed by atoms with Crippen molar-refractivity contribution in [3.8, 4) is 0 Å². The van der Waals surface area contributed by atoms with Gasteiger partial charge in [-0.05, 0) is 18.9 Å². The van der Waals surface area contributed by atoms with Crippen molar-refractivity contribution in [1.29, 1.82) is 0 Å². The molecular weight excluding hydrogens is 330 g/mol. The average molecular weight is 355 g/mol. The first-order chi connectivity index (χ1) is 12.7. The van der Waals surface area contributed by atoms with Crippen molar-refractivity contribution in [3.05, 3.63) is 30.0 Å². The van der Waals surface area contributed by atoms with E-state index in [4.69, 9.17) is 0 Å². The van der Waals surface area contributed by atoms with Gasteiger partial charge < -0.3 is 20.1 Å². The largest absolute Gasteiger partial charge is 0.373 e. The molecule has 0 bridgehead atoms. The summed E-state index contributed by atoms with van der Waals surface area (Å²) in [6.45, 7) is 4.29. The van der Waals surface area contributed by atoms with Gasteiger partial charge in [0.1, 0.15) is 5.82 Å². The fourth-order valence-electron chi connectivity index (χ4n) is 4.26. The maximum Gasteiger partial charge on any atom is 0.227 e. The molecular formula is C18H25N7O. The minimum Gasteiger partial charge on any atom is -0.373 e. The van der Waals surface area contributed by atoms with Gasteiger partial charge in [-0.3, -0.25) is 4.79 Å². The molecule has 26 heavy (non-hydrogen) atoms. The molecule has 1 amide bonds. The van der Waals surface area contributed by atoms with Crippen LogP contribution in [0.15, 0.2) is 18.6 Å². The summed E-state index contributed by atoms with van der Waals surface area (Å²) in [4.78, 5) is 33.8. The van der Waals surface area contributed by atoms with Crippen molar-refractivity contribution in [2.75, 3.05) is 36.9 Å². The number of carbonyl (C=O) groups is 1. The number of anilines is 2. The number of aromatic nitrogens is 4. The molecule has 2 aromatic heterocycles. The molecule has 2 aliphatic heterocycles. The van der Waals surface area contributed by atoms with E-state index in [2.05, 4.69) is 35.1 Å². The third-order valence-electron chi connectivity index (χ3n) is 5.64. The maximum absolute atomic E-state index is 12.6. The monoisotopic (exact) mass is 355 g/mol. The van der Waals surface area contributed by atoms with E-state index in [0.29, 0.717) is 6.42 Å². The summed E-state index contributed by atoms with van der Waals surface area (Å²) in [6.07, 6.45) is 6.59. The van der Waals surface area contributed by atoms with Crippen LogP contribution in [0.5, 0.6) is 0 Å². The van der Waals surface area contributed by atoms with Crippen LogP contribution in [0.2, 0.25) is 0 Å². The van der Waals surface area contributed by atoms with Gasteiger partial charge in [0.2, 0.25) is 11.9 Å². The number of fused-ring (bicyclic) bond motifs is 2. The lowest BCUT2D eigenvalue weighted by Crippen LogP contribution is -2.58. The Morgan fingerprint density at radius 2 is 2.12 bits per heavy atom. The second-order valence-corrected chi connectivity index (χ2v) is 6.89. The van der Waals surface area contributed by atoms with Crippen LogP contribution in [-0.4, -0.2) is 57.4 Å². The molecule has 0 radical (unpaired) electrons. The van der Waals surface area contributed by atoms with Crippen LogP contribution in [0.3, 0.4) is 0 Å². The molecule has 0 saturated carbocycles. The number of nitrogens with one attached hydrogen (secondary N) is 2.